The fourth-order valence-electron chi connectivity index (χ4n) is 2.50. The van der Waals surface area contributed by atoms with E-state index in [4.69, 9.17) is 0 Å². The first-order chi connectivity index (χ1) is 10.1. The molecule has 0 aliphatic carbocycles. The second-order valence-electron chi connectivity index (χ2n) is 5.34. The average Bonchev–Trinajstić information content (AvgIpc) is 2.50. The van der Waals surface area contributed by atoms with Gasteiger partial charge in [0.2, 0.25) is 0 Å². The van der Waals surface area contributed by atoms with Gasteiger partial charge in [-0.25, -0.2) is 4.39 Å². The van der Waals surface area contributed by atoms with Crippen LogP contribution in [-0.2, 0) is 5.60 Å². The van der Waals surface area contributed by atoms with Crippen molar-refractivity contribution < 1.29 is 9.50 Å². The zero-order valence-corrected chi connectivity index (χ0v) is 12.6. The van der Waals surface area contributed by atoms with Gasteiger partial charge in [0.05, 0.1) is 5.60 Å². The lowest BCUT2D eigenvalue weighted by atomic mass is 9.87. The first-order valence-electron chi connectivity index (χ1n) is 7.43. The van der Waals surface area contributed by atoms with Gasteiger partial charge in [0.25, 0.3) is 0 Å². The zero-order valence-electron chi connectivity index (χ0n) is 12.6. The van der Waals surface area contributed by atoms with E-state index in [0.29, 0.717) is 6.42 Å². The van der Waals surface area contributed by atoms with Crippen molar-refractivity contribution in [2.24, 2.45) is 0 Å². The summed E-state index contributed by atoms with van der Waals surface area (Å²) in [5.74, 6) is -0.247. The molecule has 0 radical (unpaired) electrons. The number of aliphatic hydroxyl groups is 1. The molecular formula is C18H22FNO. The summed E-state index contributed by atoms with van der Waals surface area (Å²) >= 11 is 0. The van der Waals surface area contributed by atoms with Gasteiger partial charge in [-0.15, -0.1) is 0 Å². The van der Waals surface area contributed by atoms with Crippen LogP contribution in [0.3, 0.4) is 0 Å². The molecule has 0 amide bonds. The predicted octanol–water partition coefficient (Wildman–Crippen LogP) is 4.97. The van der Waals surface area contributed by atoms with E-state index in [1.165, 1.54) is 12.1 Å². The van der Waals surface area contributed by atoms with Gasteiger partial charge in [0, 0.05) is 11.4 Å². The van der Waals surface area contributed by atoms with Crippen LogP contribution in [0.25, 0.3) is 0 Å². The molecule has 1 atom stereocenters. The first-order valence-corrected chi connectivity index (χ1v) is 7.43. The number of benzene rings is 2. The van der Waals surface area contributed by atoms with Gasteiger partial charge in [-0.2, -0.15) is 0 Å². The van der Waals surface area contributed by atoms with Gasteiger partial charge in [0.15, 0.2) is 0 Å². The van der Waals surface area contributed by atoms with E-state index in [1.807, 2.05) is 31.2 Å². The lowest BCUT2D eigenvalue weighted by Gasteiger charge is -2.27. The fraction of sp³-hybridized carbons (Fsp3) is 0.333. The van der Waals surface area contributed by atoms with E-state index in [-0.39, 0.29) is 5.82 Å². The quantitative estimate of drug-likeness (QED) is 0.786. The van der Waals surface area contributed by atoms with Gasteiger partial charge in [-0.05, 0) is 54.8 Å². The van der Waals surface area contributed by atoms with E-state index in [0.717, 1.165) is 29.8 Å². The van der Waals surface area contributed by atoms with E-state index in [2.05, 4.69) is 12.2 Å². The van der Waals surface area contributed by atoms with E-state index in [9.17, 15) is 9.50 Å². The number of hydrogen-bond donors (Lipinski definition) is 2. The van der Waals surface area contributed by atoms with Crippen LogP contribution in [0.5, 0.6) is 0 Å². The summed E-state index contributed by atoms with van der Waals surface area (Å²) in [7, 11) is 0. The Morgan fingerprint density at radius 3 is 1.95 bits per heavy atom. The molecule has 0 aliphatic heterocycles. The Hall–Kier alpha value is -1.87. The van der Waals surface area contributed by atoms with Crippen LogP contribution >= 0.6 is 0 Å². The average molecular weight is 287 g/mol. The summed E-state index contributed by atoms with van der Waals surface area (Å²) in [6, 6.07) is 14.0. The van der Waals surface area contributed by atoms with Crippen molar-refractivity contribution in [1.82, 2.24) is 0 Å². The largest absolute Gasteiger partial charge is 0.385 e. The summed E-state index contributed by atoms with van der Waals surface area (Å²) in [5, 5.41) is 13.9. The van der Waals surface area contributed by atoms with Crippen molar-refractivity contribution in [3.8, 4) is 0 Å². The summed E-state index contributed by atoms with van der Waals surface area (Å²) in [4.78, 5) is 0. The molecule has 2 N–H and O–H groups in total. The molecule has 0 saturated carbocycles. The Morgan fingerprint density at radius 2 is 1.48 bits per heavy atom. The predicted molar refractivity (Wildman–Crippen MR) is 85.2 cm³/mol. The Kier molecular flexibility index (Phi) is 4.97. The standard InChI is InChI=1S/C18H22FNO/c1-3-13-18(21,4-2)14-5-9-16(10-6-14)20-17-11-7-15(19)8-12-17/h5-12,20-21H,3-4,13H2,1-2H3. The number of hydrogen-bond acceptors (Lipinski definition) is 2. The van der Waals surface area contributed by atoms with Crippen LogP contribution in [0, 0.1) is 5.82 Å². The van der Waals surface area contributed by atoms with Gasteiger partial charge in [-0.1, -0.05) is 32.4 Å². The molecule has 112 valence electrons. The van der Waals surface area contributed by atoms with Gasteiger partial charge in [-0.3, -0.25) is 0 Å². The van der Waals surface area contributed by atoms with Crippen molar-refractivity contribution in [2.45, 2.75) is 38.7 Å². The summed E-state index contributed by atoms with van der Waals surface area (Å²) in [6.45, 7) is 4.07. The van der Waals surface area contributed by atoms with Crippen molar-refractivity contribution in [3.63, 3.8) is 0 Å². The number of halogens is 1. The highest BCUT2D eigenvalue weighted by atomic mass is 19.1. The van der Waals surface area contributed by atoms with Gasteiger partial charge in [0.1, 0.15) is 5.82 Å². The number of anilines is 2. The normalized spacial score (nSPS) is 13.7. The smallest absolute Gasteiger partial charge is 0.123 e. The molecule has 2 aromatic carbocycles. The minimum Gasteiger partial charge on any atom is -0.385 e. The van der Waals surface area contributed by atoms with E-state index < -0.39 is 5.60 Å². The molecule has 0 fully saturated rings. The Bertz CT molecular complexity index is 565. The van der Waals surface area contributed by atoms with Crippen molar-refractivity contribution in [2.75, 3.05) is 5.32 Å². The molecular weight excluding hydrogens is 265 g/mol. The topological polar surface area (TPSA) is 32.3 Å². The van der Waals surface area contributed by atoms with Crippen LogP contribution < -0.4 is 5.32 Å². The zero-order chi connectivity index (χ0) is 15.3. The molecule has 0 bridgehead atoms. The molecule has 1 unspecified atom stereocenters. The Labute approximate surface area is 125 Å². The molecule has 2 nitrogen and oxygen atoms in total. The van der Waals surface area contributed by atoms with Crippen LogP contribution in [0.1, 0.15) is 38.7 Å². The second-order valence-corrected chi connectivity index (χ2v) is 5.34. The third kappa shape index (κ3) is 3.82. The molecule has 0 heterocycles. The number of rotatable bonds is 6. The fourth-order valence-corrected chi connectivity index (χ4v) is 2.50. The van der Waals surface area contributed by atoms with Crippen molar-refractivity contribution in [1.29, 1.82) is 0 Å². The molecule has 0 aromatic heterocycles. The maximum atomic E-state index is 12.9. The lowest BCUT2D eigenvalue weighted by molar-refractivity contribution is 0.0226. The number of nitrogens with one attached hydrogen (secondary N) is 1. The molecule has 0 spiro atoms. The third-order valence-electron chi connectivity index (χ3n) is 3.80. The SMILES string of the molecule is CCCC(O)(CC)c1ccc(Nc2ccc(F)cc2)cc1. The first kappa shape index (κ1) is 15.5. The van der Waals surface area contributed by atoms with E-state index >= 15 is 0 Å². The molecule has 0 saturated heterocycles. The highest BCUT2D eigenvalue weighted by Gasteiger charge is 2.25. The van der Waals surface area contributed by atoms with E-state index in [1.54, 1.807) is 12.1 Å². The molecule has 2 rings (SSSR count). The lowest BCUT2D eigenvalue weighted by Crippen LogP contribution is -2.24. The van der Waals surface area contributed by atoms with Crippen LogP contribution in [0.2, 0.25) is 0 Å². The van der Waals surface area contributed by atoms with Crippen LogP contribution in [0.15, 0.2) is 48.5 Å². The maximum Gasteiger partial charge on any atom is 0.123 e. The van der Waals surface area contributed by atoms with Crippen LogP contribution in [-0.4, -0.2) is 5.11 Å². The van der Waals surface area contributed by atoms with Crippen molar-refractivity contribution in [3.05, 3.63) is 59.9 Å². The summed E-state index contributed by atoms with van der Waals surface area (Å²) < 4.78 is 12.9. The second kappa shape index (κ2) is 6.72. The molecule has 3 heteroatoms. The summed E-state index contributed by atoms with van der Waals surface area (Å²) in [6.07, 6.45) is 2.40. The van der Waals surface area contributed by atoms with Gasteiger partial charge >= 0.3 is 0 Å². The molecule has 2 aromatic rings. The minimum absolute atomic E-state index is 0.247. The van der Waals surface area contributed by atoms with Crippen molar-refractivity contribution >= 4 is 11.4 Å². The Balaban J connectivity index is 2.13. The maximum absolute atomic E-state index is 12.9. The Morgan fingerprint density at radius 1 is 0.952 bits per heavy atom. The monoisotopic (exact) mass is 287 g/mol. The van der Waals surface area contributed by atoms with Crippen LogP contribution in [0.4, 0.5) is 15.8 Å². The molecule has 0 aliphatic rings. The summed E-state index contributed by atoms with van der Waals surface area (Å²) in [5.41, 5.74) is 1.95. The highest BCUT2D eigenvalue weighted by Crippen LogP contribution is 2.31. The third-order valence-corrected chi connectivity index (χ3v) is 3.80. The highest BCUT2D eigenvalue weighted by molar-refractivity contribution is 5.59. The van der Waals surface area contributed by atoms with Gasteiger partial charge < -0.3 is 10.4 Å². The molecule has 21 heavy (non-hydrogen) atoms. The minimum atomic E-state index is -0.747.